The van der Waals surface area contributed by atoms with Gasteiger partial charge in [-0.15, -0.1) is 0 Å². The number of nitro groups is 1. The molecule has 0 unspecified atom stereocenters. The first-order chi connectivity index (χ1) is 12.1. The molecule has 0 aliphatic heterocycles. The molecule has 3 aromatic rings. The number of halogens is 1. The zero-order valence-corrected chi connectivity index (χ0v) is 14.0. The highest BCUT2D eigenvalue weighted by atomic mass is 35.5. The normalized spacial score (nSPS) is 10.3. The fourth-order valence-corrected chi connectivity index (χ4v) is 2.44. The van der Waals surface area contributed by atoms with Gasteiger partial charge in [-0.1, -0.05) is 29.8 Å². The summed E-state index contributed by atoms with van der Waals surface area (Å²) in [6, 6.07) is 16.1. The molecule has 25 heavy (non-hydrogen) atoms. The van der Waals surface area contributed by atoms with Crippen molar-refractivity contribution in [3.05, 3.63) is 76.1 Å². The monoisotopic (exact) mass is 355 g/mol. The summed E-state index contributed by atoms with van der Waals surface area (Å²) in [5.74, 6) is 0.308. The van der Waals surface area contributed by atoms with Gasteiger partial charge in [-0.3, -0.25) is 10.1 Å². The molecule has 0 fully saturated rings. The molecule has 0 atom stereocenters. The van der Waals surface area contributed by atoms with Crippen molar-refractivity contribution in [2.75, 3.05) is 17.3 Å². The molecule has 0 spiro atoms. The number of nitrogens with zero attached hydrogens (tertiary/aromatic N) is 4. The number of hydrogen-bond acceptors (Lipinski definition) is 6. The van der Waals surface area contributed by atoms with E-state index >= 15 is 0 Å². The van der Waals surface area contributed by atoms with Gasteiger partial charge in [0.05, 0.1) is 4.92 Å². The third-order valence-electron chi connectivity index (χ3n) is 3.55. The number of nitrogens with one attached hydrogen (secondary N) is 1. The molecule has 8 heteroatoms. The summed E-state index contributed by atoms with van der Waals surface area (Å²) in [6.07, 6.45) is 1.29. The molecule has 3 rings (SSSR count). The Morgan fingerprint density at radius 1 is 1.08 bits per heavy atom. The molecule has 0 saturated carbocycles. The molecule has 0 aliphatic carbocycles. The molecular formula is C17H14ClN5O2. The Kier molecular flexibility index (Phi) is 4.76. The Labute approximate surface area is 149 Å². The number of para-hydroxylation sites is 1. The van der Waals surface area contributed by atoms with Crippen LogP contribution in [0.5, 0.6) is 0 Å². The second kappa shape index (κ2) is 7.14. The van der Waals surface area contributed by atoms with Gasteiger partial charge in [0.25, 0.3) is 0 Å². The van der Waals surface area contributed by atoms with E-state index in [1.54, 1.807) is 36.2 Å². The highest BCUT2D eigenvalue weighted by Gasteiger charge is 2.26. The largest absolute Gasteiger partial charge is 0.354 e. The zero-order chi connectivity index (χ0) is 17.8. The maximum Gasteiger partial charge on any atom is 0.354 e. The van der Waals surface area contributed by atoms with E-state index in [1.807, 2.05) is 30.3 Å². The lowest BCUT2D eigenvalue weighted by atomic mass is 10.2. The van der Waals surface area contributed by atoms with Crippen LogP contribution < -0.4 is 10.2 Å². The first kappa shape index (κ1) is 16.7. The molecule has 1 heterocycles. The molecule has 0 bridgehead atoms. The van der Waals surface area contributed by atoms with Gasteiger partial charge in [0.1, 0.15) is 6.33 Å². The fourth-order valence-electron chi connectivity index (χ4n) is 2.32. The maximum absolute atomic E-state index is 11.7. The van der Waals surface area contributed by atoms with E-state index in [4.69, 9.17) is 11.6 Å². The van der Waals surface area contributed by atoms with Gasteiger partial charge in [-0.2, -0.15) is 0 Å². The summed E-state index contributed by atoms with van der Waals surface area (Å²) in [5.41, 5.74) is 1.21. The van der Waals surface area contributed by atoms with Crippen molar-refractivity contribution in [1.29, 1.82) is 0 Å². The van der Waals surface area contributed by atoms with E-state index in [9.17, 15) is 10.1 Å². The van der Waals surface area contributed by atoms with Crippen LogP contribution in [0.3, 0.4) is 0 Å². The Morgan fingerprint density at radius 3 is 2.40 bits per heavy atom. The summed E-state index contributed by atoms with van der Waals surface area (Å²) < 4.78 is 0. The fraction of sp³-hybridized carbons (Fsp3) is 0.0588. The van der Waals surface area contributed by atoms with Crippen molar-refractivity contribution in [2.45, 2.75) is 0 Å². The van der Waals surface area contributed by atoms with Crippen LogP contribution in [0.1, 0.15) is 0 Å². The van der Waals surface area contributed by atoms with Crippen LogP contribution in [-0.4, -0.2) is 21.9 Å². The van der Waals surface area contributed by atoms with Crippen LogP contribution in [0.15, 0.2) is 60.9 Å². The van der Waals surface area contributed by atoms with Gasteiger partial charge in [-0.05, 0) is 36.4 Å². The summed E-state index contributed by atoms with van der Waals surface area (Å²) >= 11 is 5.86. The molecular weight excluding hydrogens is 342 g/mol. The average Bonchev–Trinajstić information content (AvgIpc) is 2.63. The highest BCUT2D eigenvalue weighted by molar-refractivity contribution is 6.30. The number of hydrogen-bond donors (Lipinski definition) is 1. The lowest BCUT2D eigenvalue weighted by Crippen LogP contribution is -2.15. The third kappa shape index (κ3) is 3.67. The Morgan fingerprint density at radius 2 is 1.76 bits per heavy atom. The summed E-state index contributed by atoms with van der Waals surface area (Å²) in [4.78, 5) is 20.9. The second-order valence-corrected chi connectivity index (χ2v) is 5.61. The number of benzene rings is 2. The van der Waals surface area contributed by atoms with Crippen molar-refractivity contribution in [2.24, 2.45) is 0 Å². The van der Waals surface area contributed by atoms with Crippen LogP contribution in [0.4, 0.5) is 28.7 Å². The van der Waals surface area contributed by atoms with Crippen LogP contribution in [0.25, 0.3) is 0 Å². The van der Waals surface area contributed by atoms with Gasteiger partial charge in [0, 0.05) is 23.4 Å². The minimum Gasteiger partial charge on any atom is -0.334 e. The van der Waals surface area contributed by atoms with Crippen LogP contribution in [0.2, 0.25) is 5.02 Å². The second-order valence-electron chi connectivity index (χ2n) is 5.18. The van der Waals surface area contributed by atoms with E-state index in [2.05, 4.69) is 15.3 Å². The van der Waals surface area contributed by atoms with E-state index in [-0.39, 0.29) is 17.3 Å². The van der Waals surface area contributed by atoms with Crippen molar-refractivity contribution in [3.63, 3.8) is 0 Å². The highest BCUT2D eigenvalue weighted by Crippen LogP contribution is 2.36. The SMILES string of the molecule is CN(c1ccccc1)c1ncnc(Nc2ccc(Cl)cc2)c1[N+](=O)[O-]. The topological polar surface area (TPSA) is 84.2 Å². The van der Waals surface area contributed by atoms with Crippen molar-refractivity contribution >= 4 is 40.3 Å². The number of rotatable bonds is 5. The molecule has 1 N–H and O–H groups in total. The van der Waals surface area contributed by atoms with Crippen molar-refractivity contribution in [1.82, 2.24) is 9.97 Å². The first-order valence-corrected chi connectivity index (χ1v) is 7.75. The third-order valence-corrected chi connectivity index (χ3v) is 3.81. The lowest BCUT2D eigenvalue weighted by molar-refractivity contribution is -0.383. The zero-order valence-electron chi connectivity index (χ0n) is 13.3. The molecule has 2 aromatic carbocycles. The molecule has 1 aromatic heterocycles. The summed E-state index contributed by atoms with van der Waals surface area (Å²) in [6.45, 7) is 0. The predicted molar refractivity (Wildman–Crippen MR) is 97.9 cm³/mol. The van der Waals surface area contributed by atoms with Crippen molar-refractivity contribution in [3.8, 4) is 0 Å². The van der Waals surface area contributed by atoms with Gasteiger partial charge in [-0.25, -0.2) is 9.97 Å². The number of aromatic nitrogens is 2. The minimum absolute atomic E-state index is 0.111. The summed E-state index contributed by atoms with van der Waals surface area (Å²) in [5, 5.41) is 15.2. The van der Waals surface area contributed by atoms with E-state index in [0.29, 0.717) is 10.7 Å². The van der Waals surface area contributed by atoms with Gasteiger partial charge in [0.2, 0.25) is 11.6 Å². The standard InChI is InChI=1S/C17H14ClN5O2/c1-22(14-5-3-2-4-6-14)17-15(23(24)25)16(19-11-20-17)21-13-9-7-12(18)8-10-13/h2-11H,1H3,(H,19,20,21). The summed E-state index contributed by atoms with van der Waals surface area (Å²) in [7, 11) is 1.72. The van der Waals surface area contributed by atoms with E-state index < -0.39 is 4.92 Å². The van der Waals surface area contributed by atoms with Crippen LogP contribution in [0, 0.1) is 10.1 Å². The maximum atomic E-state index is 11.7. The van der Waals surface area contributed by atoms with E-state index in [0.717, 1.165) is 5.69 Å². The lowest BCUT2D eigenvalue weighted by Gasteiger charge is -2.18. The molecule has 7 nitrogen and oxygen atoms in total. The Balaban J connectivity index is 2.02. The molecule has 0 aliphatic rings. The smallest absolute Gasteiger partial charge is 0.334 e. The molecule has 0 saturated heterocycles. The number of anilines is 4. The van der Waals surface area contributed by atoms with Gasteiger partial charge >= 0.3 is 5.69 Å². The van der Waals surface area contributed by atoms with Crippen LogP contribution in [-0.2, 0) is 0 Å². The molecule has 0 amide bonds. The average molecular weight is 356 g/mol. The van der Waals surface area contributed by atoms with Gasteiger partial charge in [0.15, 0.2) is 0 Å². The Bertz CT molecular complexity index is 887. The first-order valence-electron chi connectivity index (χ1n) is 7.37. The quantitative estimate of drug-likeness (QED) is 0.534. The Hall–Kier alpha value is -3.19. The van der Waals surface area contributed by atoms with E-state index in [1.165, 1.54) is 6.33 Å². The van der Waals surface area contributed by atoms with Crippen LogP contribution >= 0.6 is 11.6 Å². The predicted octanol–water partition coefficient (Wildman–Crippen LogP) is 4.55. The minimum atomic E-state index is -0.493. The molecule has 0 radical (unpaired) electrons. The molecule has 126 valence electrons. The van der Waals surface area contributed by atoms with Gasteiger partial charge < -0.3 is 10.2 Å². The van der Waals surface area contributed by atoms with Crippen molar-refractivity contribution < 1.29 is 4.92 Å².